The Morgan fingerprint density at radius 3 is 2.81 bits per heavy atom. The quantitative estimate of drug-likeness (QED) is 0.470. The molecule has 0 atom stereocenters. The summed E-state index contributed by atoms with van der Waals surface area (Å²) in [7, 11) is -3.68. The highest BCUT2D eigenvalue weighted by Crippen LogP contribution is 2.22. The molecule has 0 bridgehead atoms. The summed E-state index contributed by atoms with van der Waals surface area (Å²) in [6.07, 6.45) is 1.26. The first-order valence-corrected chi connectivity index (χ1v) is 9.51. The van der Waals surface area contributed by atoms with E-state index in [0.717, 1.165) is 24.5 Å². The molecule has 3 rings (SSSR count). The van der Waals surface area contributed by atoms with E-state index in [1.165, 1.54) is 0 Å². The lowest BCUT2D eigenvalue weighted by molar-refractivity contribution is -0.385. The number of nitro benzene ring substituents is 1. The van der Waals surface area contributed by atoms with Crippen LogP contribution < -0.4 is 5.56 Å². The molecule has 1 aliphatic heterocycles. The van der Waals surface area contributed by atoms with Crippen LogP contribution in [0.2, 0.25) is 0 Å². The summed E-state index contributed by atoms with van der Waals surface area (Å²) >= 11 is 0. The van der Waals surface area contributed by atoms with Gasteiger partial charge in [0.2, 0.25) is 15.0 Å². The lowest BCUT2D eigenvalue weighted by atomic mass is 10.1. The second-order valence-electron chi connectivity index (χ2n) is 6.06. The first kappa shape index (κ1) is 18.1. The fourth-order valence-electron chi connectivity index (χ4n) is 2.82. The van der Waals surface area contributed by atoms with E-state index in [1.807, 2.05) is 0 Å². The molecule has 1 aromatic carbocycles. The largest absolute Gasteiger partial charge is 0.297 e. The molecule has 2 heterocycles. The summed E-state index contributed by atoms with van der Waals surface area (Å²) in [5.74, 6) is -0.572. The number of nitrogens with one attached hydrogen (secondary N) is 1. The molecule has 0 unspecified atom stereocenters. The van der Waals surface area contributed by atoms with E-state index >= 15 is 0 Å². The van der Waals surface area contributed by atoms with Gasteiger partial charge in [-0.15, -0.1) is 0 Å². The maximum atomic E-state index is 14.0. The predicted octanol–water partition coefficient (Wildman–Crippen LogP) is 0.779. The molecule has 0 fully saturated rings. The third-order valence-electron chi connectivity index (χ3n) is 4.12. The van der Waals surface area contributed by atoms with E-state index in [9.17, 15) is 27.7 Å². The van der Waals surface area contributed by atoms with Crippen LogP contribution >= 0.6 is 0 Å². The van der Waals surface area contributed by atoms with Crippen molar-refractivity contribution in [2.75, 3.05) is 12.8 Å². The van der Waals surface area contributed by atoms with Crippen LogP contribution in [0.25, 0.3) is 0 Å². The number of nitro groups is 1. The maximum absolute atomic E-state index is 14.0. The number of halogens is 1. The zero-order valence-corrected chi connectivity index (χ0v) is 14.5. The van der Waals surface area contributed by atoms with Crippen LogP contribution in [0.3, 0.4) is 0 Å². The normalized spacial score (nSPS) is 14.8. The van der Waals surface area contributed by atoms with Crippen LogP contribution in [0, 0.1) is 15.9 Å². The average Bonchev–Trinajstić information content (AvgIpc) is 2.55. The number of aromatic amines is 1. The number of hydrogen-bond acceptors (Lipinski definition) is 7. The van der Waals surface area contributed by atoms with Gasteiger partial charge in [0, 0.05) is 49.1 Å². The fourth-order valence-corrected chi connectivity index (χ4v) is 3.37. The van der Waals surface area contributed by atoms with Crippen molar-refractivity contribution in [1.29, 1.82) is 0 Å². The smallest absolute Gasteiger partial charge is 0.269 e. The molecule has 1 aliphatic rings. The van der Waals surface area contributed by atoms with E-state index in [1.54, 1.807) is 4.90 Å². The number of fused-ring (bicyclic) bond motifs is 1. The number of rotatable bonds is 4. The van der Waals surface area contributed by atoms with Crippen LogP contribution in [0.4, 0.5) is 10.1 Å². The van der Waals surface area contributed by atoms with Gasteiger partial charge in [-0.25, -0.2) is 17.8 Å². The van der Waals surface area contributed by atoms with Crippen molar-refractivity contribution >= 4 is 15.5 Å². The molecule has 0 spiro atoms. The van der Waals surface area contributed by atoms with Gasteiger partial charge in [0.05, 0.1) is 10.6 Å². The van der Waals surface area contributed by atoms with Gasteiger partial charge in [-0.1, -0.05) is 0 Å². The van der Waals surface area contributed by atoms with Gasteiger partial charge in [0.15, 0.2) is 0 Å². The number of sulfone groups is 1. The highest BCUT2D eigenvalue weighted by Gasteiger charge is 2.24. The van der Waals surface area contributed by atoms with Crippen LogP contribution in [0.5, 0.6) is 0 Å². The van der Waals surface area contributed by atoms with Crippen LogP contribution in [0.1, 0.15) is 16.8 Å². The molecule has 0 radical (unpaired) electrons. The molecule has 1 aromatic heterocycles. The Balaban J connectivity index is 1.89. The van der Waals surface area contributed by atoms with Crippen molar-refractivity contribution < 1.29 is 17.7 Å². The molecule has 1 N–H and O–H groups in total. The van der Waals surface area contributed by atoms with E-state index < -0.39 is 31.3 Å². The third-order valence-corrected chi connectivity index (χ3v) is 5.01. The standard InChI is InChI=1S/C15H15FN4O5S/c1-26(24,25)15-17-13-8-19(5-4-11(13)14(21)18-15)7-9-6-10(20(22)23)2-3-12(9)16/h2-3,6H,4-5,7-8H2,1H3,(H,17,18,21). The second kappa shape index (κ2) is 6.57. The first-order chi connectivity index (χ1) is 12.1. The minimum absolute atomic E-state index is 0.0790. The number of non-ortho nitro benzene ring substituents is 1. The van der Waals surface area contributed by atoms with Crippen molar-refractivity contribution in [1.82, 2.24) is 14.9 Å². The Labute approximate surface area is 147 Å². The fraction of sp³-hybridized carbons (Fsp3) is 0.333. The monoisotopic (exact) mass is 382 g/mol. The zero-order valence-electron chi connectivity index (χ0n) is 13.7. The molecule has 0 amide bonds. The minimum Gasteiger partial charge on any atom is -0.297 e. The van der Waals surface area contributed by atoms with Crippen LogP contribution in [0.15, 0.2) is 28.2 Å². The highest BCUT2D eigenvalue weighted by atomic mass is 32.2. The summed E-state index contributed by atoms with van der Waals surface area (Å²) in [6, 6.07) is 3.29. The van der Waals surface area contributed by atoms with Gasteiger partial charge in [-0.3, -0.25) is 24.8 Å². The Morgan fingerprint density at radius 1 is 1.42 bits per heavy atom. The van der Waals surface area contributed by atoms with Crippen molar-refractivity contribution in [2.24, 2.45) is 0 Å². The van der Waals surface area contributed by atoms with E-state index in [2.05, 4.69) is 9.97 Å². The number of nitrogens with zero attached hydrogens (tertiary/aromatic N) is 3. The summed E-state index contributed by atoms with van der Waals surface area (Å²) in [5.41, 5.74) is 0.139. The molecule has 26 heavy (non-hydrogen) atoms. The zero-order chi connectivity index (χ0) is 19.1. The van der Waals surface area contributed by atoms with Crippen molar-refractivity contribution in [3.63, 3.8) is 0 Å². The second-order valence-corrected chi connectivity index (χ2v) is 7.99. The molecule has 9 nitrogen and oxygen atoms in total. The molecule has 11 heteroatoms. The lowest BCUT2D eigenvalue weighted by Gasteiger charge is -2.27. The Bertz CT molecular complexity index is 1050. The van der Waals surface area contributed by atoms with E-state index in [-0.39, 0.29) is 24.3 Å². The van der Waals surface area contributed by atoms with Crippen LogP contribution in [-0.2, 0) is 29.3 Å². The summed E-state index contributed by atoms with van der Waals surface area (Å²) in [6.45, 7) is 0.637. The van der Waals surface area contributed by atoms with Gasteiger partial charge in [-0.2, -0.15) is 0 Å². The predicted molar refractivity (Wildman–Crippen MR) is 88.8 cm³/mol. The highest BCUT2D eigenvalue weighted by molar-refractivity contribution is 7.90. The number of aromatic nitrogens is 2. The average molecular weight is 382 g/mol. The summed E-state index contributed by atoms with van der Waals surface area (Å²) < 4.78 is 37.2. The number of H-pyrrole nitrogens is 1. The van der Waals surface area contributed by atoms with E-state index in [0.29, 0.717) is 24.2 Å². The molecular formula is C15H15FN4O5S. The first-order valence-electron chi connectivity index (χ1n) is 7.62. The summed E-state index contributed by atoms with van der Waals surface area (Å²) in [5, 5.41) is 10.4. The van der Waals surface area contributed by atoms with Gasteiger partial charge in [0.25, 0.3) is 11.2 Å². The minimum atomic E-state index is -3.68. The van der Waals surface area contributed by atoms with E-state index in [4.69, 9.17) is 0 Å². The van der Waals surface area contributed by atoms with Gasteiger partial charge in [0.1, 0.15) is 5.82 Å². The summed E-state index contributed by atoms with van der Waals surface area (Å²) in [4.78, 5) is 30.3. The molecule has 2 aromatic rings. The SMILES string of the molecule is CS(=O)(=O)c1nc2c(c(=O)[nH]1)CCN(Cc1cc([N+](=O)[O-])ccc1F)C2. The third kappa shape index (κ3) is 3.63. The van der Waals surface area contributed by atoms with Gasteiger partial charge < -0.3 is 0 Å². The van der Waals surface area contributed by atoms with Crippen LogP contribution in [-0.4, -0.2) is 41.0 Å². The topological polar surface area (TPSA) is 126 Å². The Kier molecular flexibility index (Phi) is 4.59. The maximum Gasteiger partial charge on any atom is 0.269 e. The molecule has 0 saturated heterocycles. The lowest BCUT2D eigenvalue weighted by Crippen LogP contribution is -2.35. The van der Waals surface area contributed by atoms with Crippen molar-refractivity contribution in [3.05, 3.63) is 61.3 Å². The van der Waals surface area contributed by atoms with Crippen molar-refractivity contribution in [2.45, 2.75) is 24.7 Å². The molecular weight excluding hydrogens is 367 g/mol. The number of benzene rings is 1. The van der Waals surface area contributed by atoms with Crippen molar-refractivity contribution in [3.8, 4) is 0 Å². The molecule has 138 valence electrons. The molecule has 0 aliphatic carbocycles. The van der Waals surface area contributed by atoms with Gasteiger partial charge in [-0.05, 0) is 12.5 Å². The molecule has 0 saturated carbocycles. The number of hydrogen-bond donors (Lipinski definition) is 1. The Morgan fingerprint density at radius 2 is 2.15 bits per heavy atom. The Hall–Kier alpha value is -2.66. The van der Waals surface area contributed by atoms with Gasteiger partial charge >= 0.3 is 0 Å².